The van der Waals surface area contributed by atoms with Crippen LogP contribution in [-0.4, -0.2) is 5.11 Å². The molecule has 0 aromatic heterocycles. The molecule has 0 spiro atoms. The molecule has 0 radical (unpaired) electrons. The molecule has 1 aromatic rings. The molecule has 134 valence electrons. The molecule has 3 aliphatic rings. The molecule has 0 amide bonds. The zero-order valence-electron chi connectivity index (χ0n) is 15.9. The highest BCUT2D eigenvalue weighted by Crippen LogP contribution is 2.68. The molecule has 3 unspecified atom stereocenters. The third-order valence-corrected chi connectivity index (χ3v) is 8.54. The van der Waals surface area contributed by atoms with Crippen LogP contribution in [0.2, 0.25) is 0 Å². The van der Waals surface area contributed by atoms with Crippen molar-refractivity contribution in [1.82, 2.24) is 0 Å². The molecule has 1 aromatic carbocycles. The normalized spacial score (nSPS) is 39.2. The van der Waals surface area contributed by atoms with Gasteiger partial charge < -0.3 is 5.11 Å². The lowest BCUT2D eigenvalue weighted by molar-refractivity contribution is -0.0223. The van der Waals surface area contributed by atoms with Crippen molar-refractivity contribution in [3.8, 4) is 11.8 Å². The first-order valence-electron chi connectivity index (χ1n) is 10.2. The van der Waals surface area contributed by atoms with Crippen molar-refractivity contribution in [3.05, 3.63) is 28.8 Å². The van der Waals surface area contributed by atoms with Gasteiger partial charge in [0.1, 0.15) is 11.8 Å². The summed E-state index contributed by atoms with van der Waals surface area (Å²) in [6, 6.07) is 6.05. The quantitative estimate of drug-likeness (QED) is 0.727. The number of nitriles is 1. The van der Waals surface area contributed by atoms with Gasteiger partial charge in [-0.3, -0.25) is 0 Å². The Hall–Kier alpha value is -1.49. The third kappa shape index (κ3) is 2.28. The van der Waals surface area contributed by atoms with Gasteiger partial charge in [-0.05, 0) is 96.8 Å². The number of aryl methyl sites for hydroxylation is 1. The van der Waals surface area contributed by atoms with Crippen LogP contribution in [0.5, 0.6) is 5.75 Å². The van der Waals surface area contributed by atoms with E-state index in [1.54, 1.807) is 0 Å². The lowest BCUT2D eigenvalue weighted by Gasteiger charge is -2.54. The first-order chi connectivity index (χ1) is 11.9. The van der Waals surface area contributed by atoms with Gasteiger partial charge in [0.15, 0.2) is 0 Å². The van der Waals surface area contributed by atoms with Crippen LogP contribution in [0.3, 0.4) is 0 Å². The van der Waals surface area contributed by atoms with Crippen molar-refractivity contribution in [1.29, 1.82) is 5.26 Å². The molecular weight excluding hydrogens is 306 g/mol. The fraction of sp³-hybridized carbons (Fsp3) is 0.696. The Morgan fingerprint density at radius 2 is 2.00 bits per heavy atom. The van der Waals surface area contributed by atoms with E-state index in [-0.39, 0.29) is 5.75 Å². The summed E-state index contributed by atoms with van der Waals surface area (Å²) in [4.78, 5) is 0. The molecule has 5 atom stereocenters. The van der Waals surface area contributed by atoms with Gasteiger partial charge in [-0.2, -0.15) is 5.26 Å². The van der Waals surface area contributed by atoms with Crippen molar-refractivity contribution >= 4 is 0 Å². The summed E-state index contributed by atoms with van der Waals surface area (Å²) in [5.74, 6) is 2.35. The van der Waals surface area contributed by atoms with Crippen LogP contribution < -0.4 is 0 Å². The van der Waals surface area contributed by atoms with Crippen LogP contribution in [0.25, 0.3) is 0 Å². The molecule has 0 saturated heterocycles. The van der Waals surface area contributed by atoms with E-state index in [4.69, 9.17) is 0 Å². The number of phenolic OH excluding ortho intramolecular Hbond substituents is 1. The third-order valence-electron chi connectivity index (χ3n) is 8.54. The number of rotatable bonds is 2. The van der Waals surface area contributed by atoms with Crippen LogP contribution in [-0.2, 0) is 6.42 Å². The van der Waals surface area contributed by atoms with Crippen molar-refractivity contribution in [2.75, 3.05) is 0 Å². The SMILES string of the molecule is CCC[C@]1(C)CCC2C3CCc4cc(O)c(C#N)cc4C3CC[C@@]21C. The summed E-state index contributed by atoms with van der Waals surface area (Å²) >= 11 is 0. The van der Waals surface area contributed by atoms with Crippen LogP contribution in [0.4, 0.5) is 0 Å². The molecule has 2 fully saturated rings. The molecular formula is C23H31NO. The predicted molar refractivity (Wildman–Crippen MR) is 100 cm³/mol. The molecule has 2 saturated carbocycles. The first kappa shape index (κ1) is 17.0. The van der Waals surface area contributed by atoms with E-state index in [1.165, 1.54) is 56.1 Å². The van der Waals surface area contributed by atoms with E-state index in [9.17, 15) is 10.4 Å². The monoisotopic (exact) mass is 337 g/mol. The van der Waals surface area contributed by atoms with Crippen molar-refractivity contribution in [2.24, 2.45) is 22.7 Å². The lowest BCUT2D eigenvalue weighted by atomic mass is 9.50. The number of nitrogens with zero attached hydrogens (tertiary/aromatic N) is 1. The second-order valence-corrected chi connectivity index (χ2v) is 9.40. The average molecular weight is 338 g/mol. The summed E-state index contributed by atoms with van der Waals surface area (Å²) in [5.41, 5.74) is 4.10. The van der Waals surface area contributed by atoms with E-state index < -0.39 is 0 Å². The Bertz CT molecular complexity index is 732. The van der Waals surface area contributed by atoms with E-state index in [1.807, 2.05) is 12.1 Å². The van der Waals surface area contributed by atoms with Crippen molar-refractivity contribution in [3.63, 3.8) is 0 Å². The van der Waals surface area contributed by atoms with Crippen molar-refractivity contribution in [2.45, 2.75) is 78.1 Å². The van der Waals surface area contributed by atoms with E-state index in [2.05, 4.69) is 26.8 Å². The van der Waals surface area contributed by atoms with Gasteiger partial charge >= 0.3 is 0 Å². The van der Waals surface area contributed by atoms with E-state index in [0.29, 0.717) is 22.3 Å². The highest BCUT2D eigenvalue weighted by atomic mass is 16.3. The maximum Gasteiger partial charge on any atom is 0.133 e. The summed E-state index contributed by atoms with van der Waals surface area (Å²) in [5, 5.41) is 19.4. The van der Waals surface area contributed by atoms with E-state index >= 15 is 0 Å². The standard InChI is InChI=1S/C23H31NO/c1-4-9-22(2)10-8-20-18-6-5-15-13-21(25)16(14-24)12-19(15)17(18)7-11-23(20,22)3/h12-13,17-18,20,25H,4-11H2,1-3H3/t17?,18?,20?,22-,23+/m1/s1. The maximum atomic E-state index is 10.1. The fourth-order valence-electron chi connectivity index (χ4n) is 7.02. The minimum Gasteiger partial charge on any atom is -0.507 e. The van der Waals surface area contributed by atoms with Gasteiger partial charge in [-0.25, -0.2) is 0 Å². The Morgan fingerprint density at radius 1 is 1.20 bits per heavy atom. The molecule has 0 heterocycles. The van der Waals surface area contributed by atoms with Crippen molar-refractivity contribution < 1.29 is 5.11 Å². The van der Waals surface area contributed by atoms with Gasteiger partial charge in [-0.1, -0.05) is 27.2 Å². The van der Waals surface area contributed by atoms with Crippen LogP contribution in [0.1, 0.15) is 88.3 Å². The molecule has 25 heavy (non-hydrogen) atoms. The maximum absolute atomic E-state index is 10.1. The summed E-state index contributed by atoms with van der Waals surface area (Å²) in [7, 11) is 0. The minimum absolute atomic E-state index is 0.164. The van der Waals surface area contributed by atoms with Gasteiger partial charge in [0, 0.05) is 0 Å². The Balaban J connectivity index is 1.70. The van der Waals surface area contributed by atoms with Crippen LogP contribution in [0, 0.1) is 34.0 Å². The topological polar surface area (TPSA) is 44.0 Å². The summed E-state index contributed by atoms with van der Waals surface area (Å²) < 4.78 is 0. The number of hydrogen-bond donors (Lipinski definition) is 1. The van der Waals surface area contributed by atoms with Gasteiger partial charge in [0.05, 0.1) is 5.56 Å². The Morgan fingerprint density at radius 3 is 2.72 bits per heavy atom. The summed E-state index contributed by atoms with van der Waals surface area (Å²) in [6.45, 7) is 7.48. The number of fused-ring (bicyclic) bond motifs is 5. The largest absolute Gasteiger partial charge is 0.507 e. The smallest absolute Gasteiger partial charge is 0.133 e. The lowest BCUT2D eigenvalue weighted by Crippen LogP contribution is -2.46. The minimum atomic E-state index is 0.164. The Kier molecular flexibility index (Phi) is 3.91. The molecule has 2 nitrogen and oxygen atoms in total. The van der Waals surface area contributed by atoms with Crippen LogP contribution >= 0.6 is 0 Å². The number of hydrogen-bond acceptors (Lipinski definition) is 2. The average Bonchev–Trinajstić information content (AvgIpc) is 2.86. The molecule has 2 heteroatoms. The second-order valence-electron chi connectivity index (χ2n) is 9.40. The van der Waals surface area contributed by atoms with Gasteiger partial charge in [0.2, 0.25) is 0 Å². The number of benzene rings is 1. The molecule has 4 rings (SSSR count). The highest BCUT2D eigenvalue weighted by molar-refractivity contribution is 5.50. The predicted octanol–water partition coefficient (Wildman–Crippen LogP) is 5.93. The summed E-state index contributed by atoms with van der Waals surface area (Å²) in [6.07, 6.45) is 10.3. The molecule has 0 bridgehead atoms. The first-order valence-corrected chi connectivity index (χ1v) is 10.2. The molecule has 3 aliphatic carbocycles. The zero-order valence-corrected chi connectivity index (χ0v) is 15.9. The highest BCUT2D eigenvalue weighted by Gasteiger charge is 2.59. The second kappa shape index (κ2) is 5.76. The van der Waals surface area contributed by atoms with E-state index in [0.717, 1.165) is 18.3 Å². The molecule has 1 N–H and O–H groups in total. The zero-order chi connectivity index (χ0) is 17.8. The van der Waals surface area contributed by atoms with Gasteiger partial charge in [0.25, 0.3) is 0 Å². The number of aromatic hydroxyl groups is 1. The Labute approximate surface area is 152 Å². The van der Waals surface area contributed by atoms with Gasteiger partial charge in [-0.15, -0.1) is 0 Å². The molecule has 0 aliphatic heterocycles. The number of phenols is 1. The fourth-order valence-corrected chi connectivity index (χ4v) is 7.02. The van der Waals surface area contributed by atoms with Crippen LogP contribution in [0.15, 0.2) is 12.1 Å².